The molecule has 1 atom stereocenters. The van der Waals surface area contributed by atoms with Gasteiger partial charge in [-0.25, -0.2) is 0 Å². The zero-order valence-corrected chi connectivity index (χ0v) is 12.2. The maximum absolute atomic E-state index is 12.1. The average molecular weight is 259 g/mol. The molecule has 2 nitrogen and oxygen atoms in total. The third kappa shape index (κ3) is 3.90. The third-order valence-electron chi connectivity index (χ3n) is 4.27. The summed E-state index contributed by atoms with van der Waals surface area (Å²) in [7, 11) is 0. The largest absolute Gasteiger partial charge is 0.303 e. The molecule has 0 spiro atoms. The van der Waals surface area contributed by atoms with E-state index in [0.29, 0.717) is 12.3 Å². The molecule has 0 amide bonds. The fourth-order valence-corrected chi connectivity index (χ4v) is 2.64. The van der Waals surface area contributed by atoms with Crippen LogP contribution in [0.15, 0.2) is 24.3 Å². The Bertz CT molecular complexity index is 404. The highest BCUT2D eigenvalue weighted by molar-refractivity contribution is 5.96. The van der Waals surface area contributed by atoms with Crippen molar-refractivity contribution in [1.82, 2.24) is 4.90 Å². The number of carbonyl (C=O) groups excluding carboxylic acids is 1. The van der Waals surface area contributed by atoms with E-state index in [2.05, 4.69) is 30.9 Å². The van der Waals surface area contributed by atoms with E-state index in [-0.39, 0.29) is 5.78 Å². The molecule has 1 aromatic rings. The molecular weight excluding hydrogens is 234 g/mol. The number of rotatable bonds is 6. The molecule has 0 N–H and O–H groups in total. The Balaban J connectivity index is 1.88. The van der Waals surface area contributed by atoms with E-state index in [4.69, 9.17) is 0 Å². The summed E-state index contributed by atoms with van der Waals surface area (Å²) >= 11 is 0. The first-order valence-corrected chi connectivity index (χ1v) is 7.56. The fraction of sp³-hybridized carbons (Fsp3) is 0.588. The van der Waals surface area contributed by atoms with Gasteiger partial charge in [-0.05, 0) is 43.8 Å². The smallest absolute Gasteiger partial charge is 0.164 e. The number of hydrogen-bond acceptors (Lipinski definition) is 2. The highest BCUT2D eigenvalue weighted by atomic mass is 16.1. The molecule has 0 radical (unpaired) electrons. The second-order valence-electron chi connectivity index (χ2n) is 5.65. The lowest BCUT2D eigenvalue weighted by atomic mass is 9.96. The van der Waals surface area contributed by atoms with E-state index >= 15 is 0 Å². The topological polar surface area (TPSA) is 20.3 Å². The minimum atomic E-state index is 0.280. The van der Waals surface area contributed by atoms with Gasteiger partial charge in [0.25, 0.3) is 0 Å². The molecule has 1 aliphatic rings. The molecule has 1 heterocycles. The maximum atomic E-state index is 12.1. The first kappa shape index (κ1) is 14.3. The van der Waals surface area contributed by atoms with E-state index in [1.165, 1.54) is 31.5 Å². The molecule has 1 aromatic carbocycles. The Morgan fingerprint density at radius 3 is 2.42 bits per heavy atom. The van der Waals surface area contributed by atoms with Gasteiger partial charge in [-0.3, -0.25) is 4.79 Å². The van der Waals surface area contributed by atoms with Crippen LogP contribution in [-0.2, 0) is 0 Å². The minimum Gasteiger partial charge on any atom is -0.303 e. The Kier molecular flexibility index (Phi) is 5.15. The average Bonchev–Trinajstić information content (AvgIpc) is 2.97. The molecule has 1 saturated heterocycles. The van der Waals surface area contributed by atoms with Crippen molar-refractivity contribution in [3.8, 4) is 0 Å². The summed E-state index contributed by atoms with van der Waals surface area (Å²) in [6.45, 7) is 7.68. The number of carbonyl (C=O) groups is 1. The summed E-state index contributed by atoms with van der Waals surface area (Å²) in [5, 5.41) is 0. The van der Waals surface area contributed by atoms with Crippen LogP contribution < -0.4 is 0 Å². The predicted octanol–water partition coefficient (Wildman–Crippen LogP) is 3.87. The van der Waals surface area contributed by atoms with Gasteiger partial charge in [0.05, 0.1) is 0 Å². The van der Waals surface area contributed by atoms with Gasteiger partial charge in [0.2, 0.25) is 0 Å². The summed E-state index contributed by atoms with van der Waals surface area (Å²) in [6, 6.07) is 8.20. The molecule has 1 unspecified atom stereocenters. The van der Waals surface area contributed by atoms with Crippen molar-refractivity contribution in [2.45, 2.75) is 45.4 Å². The molecule has 104 valence electrons. The molecule has 0 saturated carbocycles. The fourth-order valence-electron chi connectivity index (χ4n) is 2.64. The van der Waals surface area contributed by atoms with Crippen LogP contribution in [-0.4, -0.2) is 30.3 Å². The Hall–Kier alpha value is -1.15. The highest BCUT2D eigenvalue weighted by Crippen LogP contribution is 2.19. The molecule has 2 heteroatoms. The van der Waals surface area contributed by atoms with Crippen molar-refractivity contribution >= 4 is 5.78 Å². The summed E-state index contributed by atoms with van der Waals surface area (Å²) < 4.78 is 0. The maximum Gasteiger partial charge on any atom is 0.164 e. The van der Waals surface area contributed by atoms with E-state index in [1.54, 1.807) is 0 Å². The van der Waals surface area contributed by atoms with Gasteiger partial charge in [-0.1, -0.05) is 38.1 Å². The van der Waals surface area contributed by atoms with Crippen LogP contribution >= 0.6 is 0 Å². The normalized spacial score (nSPS) is 17.6. The number of nitrogens with zero attached hydrogens (tertiary/aromatic N) is 1. The lowest BCUT2D eigenvalue weighted by Gasteiger charge is -2.14. The number of hydrogen-bond donors (Lipinski definition) is 0. The van der Waals surface area contributed by atoms with Crippen molar-refractivity contribution < 1.29 is 4.79 Å². The van der Waals surface area contributed by atoms with E-state index in [9.17, 15) is 4.79 Å². The lowest BCUT2D eigenvalue weighted by Crippen LogP contribution is -2.22. The first-order valence-electron chi connectivity index (χ1n) is 7.56. The van der Waals surface area contributed by atoms with E-state index in [0.717, 1.165) is 18.5 Å². The van der Waals surface area contributed by atoms with Crippen LogP contribution in [0.5, 0.6) is 0 Å². The molecule has 1 fully saturated rings. The van der Waals surface area contributed by atoms with Gasteiger partial charge in [-0.15, -0.1) is 0 Å². The number of Topliss-reactive ketones (excluding diaryl/α,β-unsaturated/α-hetero) is 1. The summed E-state index contributed by atoms with van der Waals surface area (Å²) in [5.41, 5.74) is 2.20. The Labute approximate surface area is 116 Å². The molecular formula is C17H25NO. The van der Waals surface area contributed by atoms with Gasteiger partial charge in [-0.2, -0.15) is 0 Å². The monoisotopic (exact) mass is 259 g/mol. The predicted molar refractivity (Wildman–Crippen MR) is 79.8 cm³/mol. The zero-order valence-electron chi connectivity index (χ0n) is 12.2. The molecule has 0 bridgehead atoms. The summed E-state index contributed by atoms with van der Waals surface area (Å²) in [5.74, 6) is 0.858. The number of benzene rings is 1. The summed E-state index contributed by atoms with van der Waals surface area (Å²) in [4.78, 5) is 14.5. The number of likely N-dealkylation sites (tertiary alicyclic amines) is 1. The van der Waals surface area contributed by atoms with Crippen molar-refractivity contribution in [2.24, 2.45) is 0 Å². The van der Waals surface area contributed by atoms with Gasteiger partial charge in [0.15, 0.2) is 5.78 Å². The quantitative estimate of drug-likeness (QED) is 0.723. The van der Waals surface area contributed by atoms with Crippen molar-refractivity contribution in [1.29, 1.82) is 0 Å². The van der Waals surface area contributed by atoms with Crippen LogP contribution in [0.2, 0.25) is 0 Å². The molecule has 19 heavy (non-hydrogen) atoms. The first-order chi connectivity index (χ1) is 9.20. The van der Waals surface area contributed by atoms with Crippen LogP contribution in [0.3, 0.4) is 0 Å². The van der Waals surface area contributed by atoms with E-state index in [1.807, 2.05) is 12.1 Å². The summed E-state index contributed by atoms with van der Waals surface area (Å²) in [6.07, 6.45) is 4.38. The molecule has 2 rings (SSSR count). The second-order valence-corrected chi connectivity index (χ2v) is 5.65. The molecule has 0 aliphatic carbocycles. The molecule has 1 aliphatic heterocycles. The van der Waals surface area contributed by atoms with Crippen molar-refractivity contribution in [3.05, 3.63) is 35.4 Å². The Morgan fingerprint density at radius 2 is 1.84 bits per heavy atom. The van der Waals surface area contributed by atoms with Gasteiger partial charge in [0.1, 0.15) is 0 Å². The second kappa shape index (κ2) is 6.85. The number of ketones is 1. The van der Waals surface area contributed by atoms with E-state index < -0.39 is 0 Å². The van der Waals surface area contributed by atoms with Crippen molar-refractivity contribution in [3.63, 3.8) is 0 Å². The van der Waals surface area contributed by atoms with Crippen molar-refractivity contribution in [2.75, 3.05) is 19.6 Å². The third-order valence-corrected chi connectivity index (χ3v) is 4.27. The highest BCUT2D eigenvalue weighted by Gasteiger charge is 2.14. The molecule has 0 aromatic heterocycles. The van der Waals surface area contributed by atoms with Crippen LogP contribution in [0, 0.1) is 0 Å². The lowest BCUT2D eigenvalue weighted by molar-refractivity contribution is 0.0969. The van der Waals surface area contributed by atoms with Crippen LogP contribution in [0.4, 0.5) is 0 Å². The Morgan fingerprint density at radius 1 is 1.21 bits per heavy atom. The van der Waals surface area contributed by atoms with Gasteiger partial charge < -0.3 is 4.90 Å². The zero-order chi connectivity index (χ0) is 13.7. The standard InChI is InChI=1S/C17H25NO/c1-3-14(2)15-6-8-16(9-7-15)17(19)10-13-18-11-4-5-12-18/h6-9,14H,3-5,10-13H2,1-2H3. The minimum absolute atomic E-state index is 0.280. The SMILES string of the molecule is CCC(C)c1ccc(C(=O)CCN2CCCC2)cc1. The van der Waals surface area contributed by atoms with Crippen LogP contribution in [0.25, 0.3) is 0 Å². The van der Waals surface area contributed by atoms with Crippen LogP contribution in [0.1, 0.15) is 61.4 Å². The van der Waals surface area contributed by atoms with Gasteiger partial charge in [0, 0.05) is 18.5 Å². The van der Waals surface area contributed by atoms with Gasteiger partial charge >= 0.3 is 0 Å².